The Kier molecular flexibility index (Phi) is 17.7. The molecule has 0 aromatic rings. The van der Waals surface area contributed by atoms with Gasteiger partial charge in [0.15, 0.2) is 18.4 Å². The number of phosphoric acid groups is 1. The SMILES string of the molecule is CC(=O)O[C@H](C)CC(=O)NC1C(OC[C@H](NC(=O)C[C@@H](C)OC(C)=O)C(=O)O)OC(CO)C(OP(=O)(O)O)C1OC(=O)C[C@@H](C)OC(C)=O. The van der Waals surface area contributed by atoms with Gasteiger partial charge in [-0.05, 0) is 20.8 Å². The Morgan fingerprint density at radius 3 is 1.73 bits per heavy atom. The number of rotatable bonds is 19. The summed E-state index contributed by atoms with van der Waals surface area (Å²) in [5, 5.41) is 24.3. The molecule has 0 aromatic carbocycles. The number of carbonyl (C=O) groups is 7. The molecule has 1 aliphatic heterocycles. The minimum Gasteiger partial charge on any atom is -0.480 e. The quantitative estimate of drug-likeness (QED) is 0.0484. The van der Waals surface area contributed by atoms with Crippen LogP contribution in [0.15, 0.2) is 0 Å². The highest BCUT2D eigenvalue weighted by Gasteiger charge is 2.52. The molecule has 2 amide bonds. The molecular formula is C27H43N2O19P. The van der Waals surface area contributed by atoms with Gasteiger partial charge >= 0.3 is 37.7 Å². The molecule has 0 spiro atoms. The van der Waals surface area contributed by atoms with Crippen molar-refractivity contribution in [3.05, 3.63) is 0 Å². The number of aliphatic carboxylic acids is 1. The van der Waals surface area contributed by atoms with Gasteiger partial charge in [0.25, 0.3) is 0 Å². The van der Waals surface area contributed by atoms with Gasteiger partial charge in [-0.1, -0.05) is 0 Å². The van der Waals surface area contributed by atoms with E-state index < -0.39 is 137 Å². The van der Waals surface area contributed by atoms with Crippen LogP contribution in [0.4, 0.5) is 0 Å². The molecule has 0 saturated carbocycles. The van der Waals surface area contributed by atoms with Gasteiger partial charge in [-0.15, -0.1) is 0 Å². The fraction of sp³-hybridized carbons (Fsp3) is 0.741. The second-order valence-corrected chi connectivity index (χ2v) is 12.2. The maximum atomic E-state index is 13.1. The van der Waals surface area contributed by atoms with E-state index in [0.29, 0.717) is 0 Å². The van der Waals surface area contributed by atoms with E-state index in [1.165, 1.54) is 20.8 Å². The summed E-state index contributed by atoms with van der Waals surface area (Å²) in [5.41, 5.74) is 0. The number of nitrogens with one attached hydrogen (secondary N) is 2. The first-order chi connectivity index (χ1) is 22.6. The van der Waals surface area contributed by atoms with Crippen LogP contribution < -0.4 is 10.6 Å². The Balaban J connectivity index is 3.48. The van der Waals surface area contributed by atoms with E-state index in [0.717, 1.165) is 20.8 Å². The predicted molar refractivity (Wildman–Crippen MR) is 158 cm³/mol. The summed E-state index contributed by atoms with van der Waals surface area (Å²) in [6.07, 6.45) is -12.0. The third-order valence-electron chi connectivity index (χ3n) is 6.24. The molecule has 1 heterocycles. The second-order valence-electron chi connectivity index (χ2n) is 11.0. The largest absolute Gasteiger partial charge is 0.480 e. The number of ether oxygens (including phenoxy) is 6. The zero-order chi connectivity index (χ0) is 37.6. The van der Waals surface area contributed by atoms with Crippen molar-refractivity contribution in [1.29, 1.82) is 0 Å². The number of hydrogen-bond acceptors (Lipinski definition) is 16. The van der Waals surface area contributed by atoms with Gasteiger partial charge in [0.1, 0.15) is 36.6 Å². The first-order valence-corrected chi connectivity index (χ1v) is 16.3. The Morgan fingerprint density at radius 1 is 0.796 bits per heavy atom. The average Bonchev–Trinajstić information content (AvgIpc) is 2.90. The number of aliphatic hydroxyl groups is 1. The lowest BCUT2D eigenvalue weighted by Gasteiger charge is -2.45. The summed E-state index contributed by atoms with van der Waals surface area (Å²) in [6, 6.07) is -3.55. The number of amides is 2. The molecule has 49 heavy (non-hydrogen) atoms. The highest BCUT2D eigenvalue weighted by molar-refractivity contribution is 7.46. The molecule has 1 saturated heterocycles. The Labute approximate surface area is 280 Å². The van der Waals surface area contributed by atoms with Crippen LogP contribution in [0.5, 0.6) is 0 Å². The lowest BCUT2D eigenvalue weighted by atomic mass is 9.96. The molecule has 0 bridgehead atoms. The topological polar surface area (TPSA) is 306 Å². The van der Waals surface area contributed by atoms with Crippen LogP contribution in [0, 0.1) is 0 Å². The molecule has 9 atom stereocenters. The third-order valence-corrected chi connectivity index (χ3v) is 6.76. The number of carboxylic acids is 1. The van der Waals surface area contributed by atoms with Gasteiger partial charge in [0.2, 0.25) is 11.8 Å². The Morgan fingerprint density at radius 2 is 1.29 bits per heavy atom. The van der Waals surface area contributed by atoms with Crippen LogP contribution in [-0.4, -0.2) is 130 Å². The highest BCUT2D eigenvalue weighted by atomic mass is 31.2. The Hall–Kier alpha value is -3.72. The van der Waals surface area contributed by atoms with Crippen molar-refractivity contribution >= 4 is 49.5 Å². The van der Waals surface area contributed by atoms with Crippen molar-refractivity contribution in [3.63, 3.8) is 0 Å². The number of esters is 4. The van der Waals surface area contributed by atoms with Gasteiger partial charge in [0, 0.05) is 20.8 Å². The molecule has 1 aliphatic rings. The molecule has 0 radical (unpaired) electrons. The predicted octanol–water partition coefficient (Wildman–Crippen LogP) is -1.81. The first kappa shape index (κ1) is 43.3. The van der Waals surface area contributed by atoms with Crippen LogP contribution in [-0.2, 0) is 71.1 Å². The first-order valence-electron chi connectivity index (χ1n) is 14.8. The molecule has 280 valence electrons. The molecular weight excluding hydrogens is 687 g/mol. The van der Waals surface area contributed by atoms with E-state index in [-0.39, 0.29) is 0 Å². The van der Waals surface area contributed by atoms with Gasteiger partial charge in [-0.2, -0.15) is 0 Å². The van der Waals surface area contributed by atoms with Gasteiger partial charge in [-0.3, -0.25) is 33.3 Å². The monoisotopic (exact) mass is 730 g/mol. The van der Waals surface area contributed by atoms with Crippen LogP contribution in [0.1, 0.15) is 60.8 Å². The second kappa shape index (κ2) is 20.1. The molecule has 1 fully saturated rings. The molecule has 6 N–H and O–H groups in total. The summed E-state index contributed by atoms with van der Waals surface area (Å²) < 4.78 is 48.0. The van der Waals surface area contributed by atoms with E-state index in [9.17, 15) is 58.1 Å². The zero-order valence-corrected chi connectivity index (χ0v) is 28.5. The zero-order valence-electron chi connectivity index (χ0n) is 27.6. The highest BCUT2D eigenvalue weighted by Crippen LogP contribution is 2.42. The minimum atomic E-state index is -5.43. The standard InChI is InChI=1S/C27H43N2O19P/c1-12(43-15(4)31)7-20(34)28-18(26(37)38)11-42-27-23(29-21(35)8-13(2)44-16(5)32)25(47-22(36)9-14(3)45-17(6)33)24(19(10-30)46-27)48-49(39,40)41/h12-14,18-19,23-25,27,30H,7-11H2,1-6H3,(H,28,34)(H,29,35)(H,37,38)(H2,39,40,41)/t12-,13-,14-,18+,19?,23?,24?,25?,27?/m1/s1. The summed E-state index contributed by atoms with van der Waals surface area (Å²) in [5.74, 6) is -6.67. The number of phosphoric ester groups is 1. The van der Waals surface area contributed by atoms with Crippen LogP contribution >= 0.6 is 7.82 Å². The van der Waals surface area contributed by atoms with Gasteiger partial charge in [0.05, 0.1) is 32.5 Å². The van der Waals surface area contributed by atoms with Crippen molar-refractivity contribution in [1.82, 2.24) is 10.6 Å². The molecule has 0 aliphatic carbocycles. The summed E-state index contributed by atoms with van der Waals surface area (Å²) in [6.45, 7) is 5.43. The molecule has 5 unspecified atom stereocenters. The van der Waals surface area contributed by atoms with E-state index >= 15 is 0 Å². The summed E-state index contributed by atoms with van der Waals surface area (Å²) in [4.78, 5) is 103. The van der Waals surface area contributed by atoms with Crippen molar-refractivity contribution in [2.24, 2.45) is 0 Å². The van der Waals surface area contributed by atoms with Crippen LogP contribution in [0.3, 0.4) is 0 Å². The third kappa shape index (κ3) is 17.0. The smallest absolute Gasteiger partial charge is 0.470 e. The van der Waals surface area contributed by atoms with E-state index in [2.05, 4.69) is 10.6 Å². The molecule has 1 rings (SSSR count). The normalized spacial score (nSPS) is 23.1. The molecule has 0 aromatic heterocycles. The maximum absolute atomic E-state index is 13.1. The minimum absolute atomic E-state index is 0.430. The maximum Gasteiger partial charge on any atom is 0.470 e. The summed E-state index contributed by atoms with van der Waals surface area (Å²) >= 11 is 0. The average molecular weight is 731 g/mol. The molecule has 21 nitrogen and oxygen atoms in total. The fourth-order valence-corrected chi connectivity index (χ4v) is 5.14. The lowest BCUT2D eigenvalue weighted by Crippen LogP contribution is -2.66. The number of carbonyl (C=O) groups excluding carboxylic acids is 6. The number of hydrogen-bond donors (Lipinski definition) is 6. The number of aliphatic hydroxyl groups excluding tert-OH is 1. The van der Waals surface area contributed by atoms with Crippen molar-refractivity contribution < 1.29 is 91.1 Å². The van der Waals surface area contributed by atoms with Crippen molar-refractivity contribution in [3.8, 4) is 0 Å². The van der Waals surface area contributed by atoms with Crippen LogP contribution in [0.25, 0.3) is 0 Å². The lowest BCUT2D eigenvalue weighted by molar-refractivity contribution is -0.272. The van der Waals surface area contributed by atoms with Gasteiger partial charge in [-0.25, -0.2) is 9.36 Å². The van der Waals surface area contributed by atoms with Gasteiger partial charge < -0.3 is 59.1 Å². The van der Waals surface area contributed by atoms with E-state index in [1.807, 2.05) is 0 Å². The van der Waals surface area contributed by atoms with Crippen molar-refractivity contribution in [2.75, 3.05) is 13.2 Å². The molecule has 22 heteroatoms. The van der Waals surface area contributed by atoms with Crippen molar-refractivity contribution in [2.45, 2.75) is 116 Å². The van der Waals surface area contributed by atoms with E-state index in [4.69, 9.17) is 32.9 Å². The fourth-order valence-electron chi connectivity index (χ4n) is 4.57. The number of carboxylic acid groups (broad SMARTS) is 1. The Bertz CT molecular complexity index is 1240. The van der Waals surface area contributed by atoms with Crippen LogP contribution in [0.2, 0.25) is 0 Å². The summed E-state index contributed by atoms with van der Waals surface area (Å²) in [7, 11) is -5.43. The van der Waals surface area contributed by atoms with E-state index in [1.54, 1.807) is 0 Å².